The van der Waals surface area contributed by atoms with Crippen molar-refractivity contribution in [1.29, 1.82) is 0 Å². The van der Waals surface area contributed by atoms with Crippen molar-refractivity contribution in [2.75, 3.05) is 19.0 Å². The van der Waals surface area contributed by atoms with Crippen molar-refractivity contribution in [3.05, 3.63) is 11.1 Å². The second-order valence-electron chi connectivity index (χ2n) is 5.49. The third-order valence-corrected chi connectivity index (χ3v) is 4.88. The molecule has 2 unspecified atom stereocenters. The van der Waals surface area contributed by atoms with Gasteiger partial charge in [0.05, 0.1) is 11.8 Å². The fourth-order valence-corrected chi connectivity index (χ4v) is 3.64. The van der Waals surface area contributed by atoms with Crippen LogP contribution in [0.15, 0.2) is 5.38 Å². The monoisotopic (exact) mass is 311 g/mol. The Labute approximate surface area is 130 Å². The summed E-state index contributed by atoms with van der Waals surface area (Å²) < 4.78 is 5.54. The van der Waals surface area contributed by atoms with E-state index in [4.69, 9.17) is 4.74 Å². The van der Waals surface area contributed by atoms with Crippen LogP contribution in [-0.2, 0) is 11.2 Å². The average Bonchev–Trinajstić information content (AvgIpc) is 2.95. The molecule has 1 saturated carbocycles. The van der Waals surface area contributed by atoms with Crippen molar-refractivity contribution in [3.63, 3.8) is 0 Å². The lowest BCUT2D eigenvalue weighted by Gasteiger charge is -2.30. The van der Waals surface area contributed by atoms with Gasteiger partial charge in [-0.05, 0) is 31.6 Å². The summed E-state index contributed by atoms with van der Waals surface area (Å²) in [6, 6.07) is -0.170. The van der Waals surface area contributed by atoms with Crippen LogP contribution in [-0.4, -0.2) is 30.8 Å². The first-order valence-corrected chi connectivity index (χ1v) is 8.63. The largest absolute Gasteiger partial charge is 0.381 e. The Morgan fingerprint density at radius 2 is 2.29 bits per heavy atom. The predicted octanol–water partition coefficient (Wildman–Crippen LogP) is 3.42. The lowest BCUT2D eigenvalue weighted by atomic mass is 9.84. The minimum atomic E-state index is -0.170. The minimum absolute atomic E-state index is 0.170. The third-order valence-electron chi connectivity index (χ3n) is 4.08. The molecule has 1 aromatic rings. The van der Waals surface area contributed by atoms with Crippen LogP contribution in [0.4, 0.5) is 9.93 Å². The second-order valence-corrected chi connectivity index (χ2v) is 6.34. The van der Waals surface area contributed by atoms with E-state index in [0.29, 0.717) is 23.7 Å². The maximum atomic E-state index is 11.8. The first kappa shape index (κ1) is 16.2. The fourth-order valence-electron chi connectivity index (χ4n) is 2.85. The number of rotatable bonds is 6. The van der Waals surface area contributed by atoms with E-state index >= 15 is 0 Å². The van der Waals surface area contributed by atoms with Crippen LogP contribution in [0.5, 0.6) is 0 Å². The summed E-state index contributed by atoms with van der Waals surface area (Å²) >= 11 is 1.46. The molecule has 1 aliphatic rings. The van der Waals surface area contributed by atoms with Crippen LogP contribution in [0.3, 0.4) is 0 Å². The number of thiazole rings is 1. The molecular formula is C15H25N3O2S. The molecule has 1 aromatic heterocycles. The van der Waals surface area contributed by atoms with Gasteiger partial charge >= 0.3 is 6.03 Å². The molecule has 0 aliphatic heterocycles. The Morgan fingerprint density at radius 1 is 1.48 bits per heavy atom. The molecule has 6 heteroatoms. The van der Waals surface area contributed by atoms with Crippen molar-refractivity contribution < 1.29 is 9.53 Å². The van der Waals surface area contributed by atoms with E-state index < -0.39 is 0 Å². The summed E-state index contributed by atoms with van der Waals surface area (Å²) in [6.07, 6.45) is 7.10. The molecule has 118 valence electrons. The Hall–Kier alpha value is -1.14. The number of carbonyl (C=O) groups is 1. The molecule has 2 rings (SSSR count). The molecule has 5 nitrogen and oxygen atoms in total. The summed E-state index contributed by atoms with van der Waals surface area (Å²) in [5.74, 6) is 0.565. The van der Waals surface area contributed by atoms with Crippen LogP contribution in [0, 0.1) is 5.92 Å². The molecule has 0 saturated heterocycles. The molecule has 0 aromatic carbocycles. The highest BCUT2D eigenvalue weighted by Crippen LogP contribution is 2.28. The van der Waals surface area contributed by atoms with Crippen molar-refractivity contribution >= 4 is 22.5 Å². The molecule has 21 heavy (non-hydrogen) atoms. The van der Waals surface area contributed by atoms with Crippen molar-refractivity contribution in [3.8, 4) is 0 Å². The van der Waals surface area contributed by atoms with Gasteiger partial charge in [-0.15, -0.1) is 11.3 Å². The smallest absolute Gasteiger partial charge is 0.321 e. The number of ether oxygens (including phenoxy) is 1. The number of amides is 2. The molecule has 1 fully saturated rings. The van der Waals surface area contributed by atoms with Gasteiger partial charge in [-0.3, -0.25) is 5.32 Å². The molecule has 2 N–H and O–H groups in total. The van der Waals surface area contributed by atoms with Gasteiger partial charge in [-0.2, -0.15) is 0 Å². The summed E-state index contributed by atoms with van der Waals surface area (Å²) in [5.41, 5.74) is 1.01. The highest BCUT2D eigenvalue weighted by atomic mass is 32.1. The minimum Gasteiger partial charge on any atom is -0.381 e. The highest BCUT2D eigenvalue weighted by molar-refractivity contribution is 7.13. The zero-order valence-electron chi connectivity index (χ0n) is 12.9. The normalized spacial score (nSPS) is 22.0. The fraction of sp³-hybridized carbons (Fsp3) is 0.733. The van der Waals surface area contributed by atoms with Crippen LogP contribution in [0.1, 0.15) is 44.7 Å². The molecule has 2 amide bonds. The van der Waals surface area contributed by atoms with Gasteiger partial charge in [0.2, 0.25) is 0 Å². The number of urea groups is 1. The molecule has 1 aliphatic carbocycles. The highest BCUT2D eigenvalue weighted by Gasteiger charge is 2.24. The van der Waals surface area contributed by atoms with E-state index in [9.17, 15) is 4.79 Å². The molecule has 0 radical (unpaired) electrons. The number of nitrogens with one attached hydrogen (secondary N) is 2. The van der Waals surface area contributed by atoms with Crippen molar-refractivity contribution in [2.24, 2.45) is 5.92 Å². The number of carbonyl (C=O) groups excluding carboxylic acids is 1. The van der Waals surface area contributed by atoms with Gasteiger partial charge in [-0.1, -0.05) is 19.8 Å². The summed E-state index contributed by atoms with van der Waals surface area (Å²) in [4.78, 5) is 16.1. The van der Waals surface area contributed by atoms with Crippen LogP contribution in [0.25, 0.3) is 0 Å². The van der Waals surface area contributed by atoms with Gasteiger partial charge in [0.25, 0.3) is 0 Å². The van der Waals surface area contributed by atoms with Gasteiger partial charge in [0.15, 0.2) is 5.13 Å². The molecule has 0 spiro atoms. The zero-order valence-corrected chi connectivity index (χ0v) is 13.7. The van der Waals surface area contributed by atoms with E-state index in [-0.39, 0.29) is 6.03 Å². The Balaban J connectivity index is 1.68. The van der Waals surface area contributed by atoms with E-state index in [0.717, 1.165) is 25.0 Å². The predicted molar refractivity (Wildman–Crippen MR) is 85.9 cm³/mol. The number of nitrogens with zero attached hydrogens (tertiary/aromatic N) is 1. The van der Waals surface area contributed by atoms with Crippen LogP contribution in [0.2, 0.25) is 0 Å². The molecule has 0 bridgehead atoms. The van der Waals surface area contributed by atoms with Crippen LogP contribution < -0.4 is 10.6 Å². The third kappa shape index (κ3) is 4.97. The van der Waals surface area contributed by atoms with Crippen molar-refractivity contribution in [2.45, 2.75) is 51.6 Å². The van der Waals surface area contributed by atoms with Crippen LogP contribution >= 0.6 is 11.3 Å². The summed E-state index contributed by atoms with van der Waals surface area (Å²) in [6.45, 7) is 2.73. The zero-order chi connectivity index (χ0) is 15.1. The Morgan fingerprint density at radius 3 is 3.00 bits per heavy atom. The van der Waals surface area contributed by atoms with E-state index in [1.807, 2.05) is 5.38 Å². The number of anilines is 1. The van der Waals surface area contributed by atoms with E-state index in [1.165, 1.54) is 30.6 Å². The van der Waals surface area contributed by atoms with Crippen molar-refractivity contribution in [1.82, 2.24) is 10.3 Å². The summed E-state index contributed by atoms with van der Waals surface area (Å²) in [5, 5.41) is 8.33. The number of aryl methyl sites for hydroxylation is 1. The topological polar surface area (TPSA) is 63.2 Å². The average molecular weight is 311 g/mol. The first-order valence-electron chi connectivity index (χ1n) is 7.75. The van der Waals surface area contributed by atoms with Gasteiger partial charge in [0, 0.05) is 19.0 Å². The quantitative estimate of drug-likeness (QED) is 0.846. The van der Waals surface area contributed by atoms with E-state index in [1.54, 1.807) is 7.11 Å². The lowest BCUT2D eigenvalue weighted by molar-refractivity contribution is 0.0208. The summed E-state index contributed by atoms with van der Waals surface area (Å²) in [7, 11) is 1.79. The Bertz CT molecular complexity index is 450. The van der Waals surface area contributed by atoms with Gasteiger partial charge in [-0.25, -0.2) is 9.78 Å². The number of methoxy groups -OCH3 is 1. The van der Waals surface area contributed by atoms with Gasteiger partial charge in [0.1, 0.15) is 0 Å². The lowest BCUT2D eigenvalue weighted by Crippen LogP contribution is -2.34. The standard InChI is InChI=1S/C15H25N3O2S/c1-3-12-10-21-15(17-12)18-14(19)16-9-8-11-6-4-5-7-13(11)20-2/h10-11,13H,3-9H2,1-2H3,(H2,16,17,18,19). The number of hydrogen-bond acceptors (Lipinski definition) is 4. The van der Waals surface area contributed by atoms with E-state index in [2.05, 4.69) is 22.5 Å². The van der Waals surface area contributed by atoms with Gasteiger partial charge < -0.3 is 10.1 Å². The number of hydrogen-bond donors (Lipinski definition) is 2. The molecule has 1 heterocycles. The molecular weight excluding hydrogens is 286 g/mol. The first-order chi connectivity index (χ1) is 10.2. The second kappa shape index (κ2) is 8.34. The maximum Gasteiger partial charge on any atom is 0.321 e. The number of aromatic nitrogens is 1. The Kier molecular flexibility index (Phi) is 6.45. The SMILES string of the molecule is CCc1csc(NC(=O)NCCC2CCCCC2OC)n1. The molecule has 2 atom stereocenters. The maximum absolute atomic E-state index is 11.8.